The molecule has 0 radical (unpaired) electrons. The molecule has 0 saturated heterocycles. The Balaban J connectivity index is 1.85. The summed E-state index contributed by atoms with van der Waals surface area (Å²) in [6.07, 6.45) is 0. The number of carboxylic acid groups (broad SMARTS) is 1. The van der Waals surface area contributed by atoms with Crippen LogP contribution in [0.4, 0.5) is 0 Å². The molecule has 1 unspecified atom stereocenters. The number of benzene rings is 3. The van der Waals surface area contributed by atoms with E-state index in [4.69, 9.17) is 0 Å². The fourth-order valence-electron chi connectivity index (χ4n) is 4.75. The number of hydrogen-bond donors (Lipinski definition) is 1. The van der Waals surface area contributed by atoms with E-state index in [1.807, 2.05) is 50.4 Å². The quantitative estimate of drug-likeness (QED) is 0.526. The van der Waals surface area contributed by atoms with Crippen LogP contribution in [0.2, 0.25) is 0 Å². The lowest BCUT2D eigenvalue weighted by atomic mass is 9.93. The van der Waals surface area contributed by atoms with Gasteiger partial charge in [-0.05, 0) is 30.2 Å². The van der Waals surface area contributed by atoms with Crippen molar-refractivity contribution in [2.24, 2.45) is 7.05 Å². The van der Waals surface area contributed by atoms with E-state index < -0.39 is 12.0 Å². The van der Waals surface area contributed by atoms with E-state index in [2.05, 4.69) is 34.9 Å². The summed E-state index contributed by atoms with van der Waals surface area (Å²) in [6, 6.07) is 23.3. The molecule has 1 atom stereocenters. The standard InChI is InChI=1S/C26H22N2O3/c1-16-11-13-17(14-12-16)24-23(20-9-5-6-10-21(20)27(24)2)25-18-7-3-4-8-19(18)26(31)28(25)15-22(29)30/h3-14,25H,15H2,1-2H3,(H,29,30). The van der Waals surface area contributed by atoms with Gasteiger partial charge in [0.2, 0.25) is 0 Å². The number of aromatic nitrogens is 1. The van der Waals surface area contributed by atoms with Gasteiger partial charge in [-0.25, -0.2) is 0 Å². The van der Waals surface area contributed by atoms with Gasteiger partial charge in [-0.3, -0.25) is 9.59 Å². The summed E-state index contributed by atoms with van der Waals surface area (Å²) in [7, 11) is 2.02. The van der Waals surface area contributed by atoms with E-state index in [1.165, 1.54) is 4.90 Å². The van der Waals surface area contributed by atoms with Gasteiger partial charge in [-0.1, -0.05) is 66.2 Å². The van der Waals surface area contributed by atoms with Gasteiger partial charge in [0.05, 0.1) is 11.7 Å². The number of hydrogen-bond acceptors (Lipinski definition) is 2. The molecular weight excluding hydrogens is 388 g/mol. The third-order valence-corrected chi connectivity index (χ3v) is 6.11. The third-order valence-electron chi connectivity index (χ3n) is 6.11. The lowest BCUT2D eigenvalue weighted by molar-refractivity contribution is -0.138. The summed E-state index contributed by atoms with van der Waals surface area (Å²) in [6.45, 7) is 1.70. The summed E-state index contributed by atoms with van der Waals surface area (Å²) >= 11 is 0. The molecule has 31 heavy (non-hydrogen) atoms. The predicted molar refractivity (Wildman–Crippen MR) is 120 cm³/mol. The minimum absolute atomic E-state index is 0.245. The molecule has 2 heterocycles. The van der Waals surface area contributed by atoms with Gasteiger partial charge in [0.25, 0.3) is 5.91 Å². The molecule has 154 valence electrons. The van der Waals surface area contributed by atoms with Crippen LogP contribution < -0.4 is 0 Å². The van der Waals surface area contributed by atoms with Crippen molar-refractivity contribution in [3.8, 4) is 11.3 Å². The first kappa shape index (κ1) is 19.1. The molecule has 0 fully saturated rings. The molecular formula is C26H22N2O3. The Morgan fingerprint density at radius 2 is 1.65 bits per heavy atom. The summed E-state index contributed by atoms with van der Waals surface area (Å²) in [5.41, 5.74) is 6.60. The van der Waals surface area contributed by atoms with Gasteiger partial charge < -0.3 is 14.6 Å². The maximum Gasteiger partial charge on any atom is 0.323 e. The predicted octanol–water partition coefficient (Wildman–Crippen LogP) is 4.78. The lowest BCUT2D eigenvalue weighted by Crippen LogP contribution is -2.34. The van der Waals surface area contributed by atoms with Crippen LogP contribution in [0.1, 0.15) is 33.1 Å². The highest BCUT2D eigenvalue weighted by Gasteiger charge is 2.41. The van der Waals surface area contributed by atoms with Gasteiger partial charge in [0, 0.05) is 29.1 Å². The molecule has 1 aromatic heterocycles. The number of para-hydroxylation sites is 1. The normalized spacial score (nSPS) is 15.5. The highest BCUT2D eigenvalue weighted by Crippen LogP contribution is 2.46. The topological polar surface area (TPSA) is 62.5 Å². The van der Waals surface area contributed by atoms with E-state index in [9.17, 15) is 14.7 Å². The summed E-state index contributed by atoms with van der Waals surface area (Å²) in [5, 5.41) is 10.6. The summed E-state index contributed by atoms with van der Waals surface area (Å²) in [5.74, 6) is -1.27. The number of fused-ring (bicyclic) bond motifs is 2. The first-order valence-corrected chi connectivity index (χ1v) is 10.2. The van der Waals surface area contributed by atoms with Gasteiger partial charge >= 0.3 is 5.97 Å². The molecule has 0 aliphatic carbocycles. The van der Waals surface area contributed by atoms with Gasteiger partial charge in [0.1, 0.15) is 6.54 Å². The van der Waals surface area contributed by atoms with Crippen LogP contribution in [0, 0.1) is 6.92 Å². The fourth-order valence-corrected chi connectivity index (χ4v) is 4.75. The molecule has 0 bridgehead atoms. The van der Waals surface area contributed by atoms with Crippen LogP contribution in [0.5, 0.6) is 0 Å². The number of rotatable bonds is 4. The zero-order valence-electron chi connectivity index (χ0n) is 17.4. The molecule has 5 rings (SSSR count). The van der Waals surface area contributed by atoms with Crippen LogP contribution in [-0.4, -0.2) is 33.0 Å². The molecule has 1 aliphatic heterocycles. The smallest absolute Gasteiger partial charge is 0.323 e. The van der Waals surface area contributed by atoms with Crippen LogP contribution >= 0.6 is 0 Å². The Morgan fingerprint density at radius 1 is 0.968 bits per heavy atom. The van der Waals surface area contributed by atoms with Crippen molar-refractivity contribution in [3.05, 3.63) is 95.1 Å². The Labute approximate surface area is 180 Å². The van der Waals surface area contributed by atoms with Crippen molar-refractivity contribution in [2.45, 2.75) is 13.0 Å². The minimum atomic E-state index is -1.02. The number of aliphatic carboxylic acids is 1. The molecule has 5 nitrogen and oxygen atoms in total. The fraction of sp³-hybridized carbons (Fsp3) is 0.154. The number of aryl methyl sites for hydroxylation is 2. The Hall–Kier alpha value is -3.86. The number of nitrogens with zero attached hydrogens (tertiary/aromatic N) is 2. The Morgan fingerprint density at radius 3 is 2.39 bits per heavy atom. The molecule has 0 spiro atoms. The second kappa shape index (κ2) is 7.13. The van der Waals surface area contributed by atoms with E-state index in [0.717, 1.165) is 38.9 Å². The average Bonchev–Trinajstić information content (AvgIpc) is 3.20. The van der Waals surface area contributed by atoms with E-state index in [0.29, 0.717) is 5.56 Å². The van der Waals surface area contributed by atoms with Crippen molar-refractivity contribution in [1.82, 2.24) is 9.47 Å². The van der Waals surface area contributed by atoms with Crippen LogP contribution in [0.15, 0.2) is 72.8 Å². The third kappa shape index (κ3) is 2.93. The average molecular weight is 410 g/mol. The first-order chi connectivity index (χ1) is 15.0. The molecule has 1 amide bonds. The van der Waals surface area contributed by atoms with Crippen molar-refractivity contribution in [3.63, 3.8) is 0 Å². The molecule has 4 aromatic rings. The highest BCUT2D eigenvalue weighted by molar-refractivity contribution is 6.03. The van der Waals surface area contributed by atoms with Gasteiger partial charge in [-0.15, -0.1) is 0 Å². The lowest BCUT2D eigenvalue weighted by Gasteiger charge is -2.25. The number of amides is 1. The summed E-state index contributed by atoms with van der Waals surface area (Å²) < 4.78 is 2.14. The maximum atomic E-state index is 13.2. The van der Waals surface area contributed by atoms with Gasteiger partial charge in [0.15, 0.2) is 0 Å². The maximum absolute atomic E-state index is 13.2. The summed E-state index contributed by atoms with van der Waals surface area (Å²) in [4.78, 5) is 26.4. The Bertz CT molecular complexity index is 1330. The monoisotopic (exact) mass is 410 g/mol. The molecule has 5 heteroatoms. The van der Waals surface area contributed by atoms with Crippen molar-refractivity contribution in [2.75, 3.05) is 6.54 Å². The van der Waals surface area contributed by atoms with Crippen LogP contribution in [0.3, 0.4) is 0 Å². The van der Waals surface area contributed by atoms with E-state index in [-0.39, 0.29) is 12.5 Å². The molecule has 1 N–H and O–H groups in total. The second-order valence-corrected chi connectivity index (χ2v) is 8.02. The zero-order valence-corrected chi connectivity index (χ0v) is 17.4. The molecule has 3 aromatic carbocycles. The largest absolute Gasteiger partial charge is 0.480 e. The minimum Gasteiger partial charge on any atom is -0.480 e. The molecule has 1 aliphatic rings. The van der Waals surface area contributed by atoms with E-state index in [1.54, 1.807) is 6.07 Å². The number of carbonyl (C=O) groups is 2. The van der Waals surface area contributed by atoms with E-state index >= 15 is 0 Å². The van der Waals surface area contributed by atoms with Crippen LogP contribution in [-0.2, 0) is 11.8 Å². The van der Waals surface area contributed by atoms with Gasteiger partial charge in [-0.2, -0.15) is 0 Å². The van der Waals surface area contributed by atoms with Crippen molar-refractivity contribution < 1.29 is 14.7 Å². The zero-order chi connectivity index (χ0) is 21.7. The SMILES string of the molecule is Cc1ccc(-c2c(C3c4ccccc4C(=O)N3CC(=O)O)c3ccccc3n2C)cc1. The second-order valence-electron chi connectivity index (χ2n) is 8.02. The highest BCUT2D eigenvalue weighted by atomic mass is 16.4. The Kier molecular flexibility index (Phi) is 4.40. The first-order valence-electron chi connectivity index (χ1n) is 10.2. The number of carboxylic acids is 1. The number of carbonyl (C=O) groups excluding carboxylic acids is 1. The van der Waals surface area contributed by atoms with Crippen molar-refractivity contribution >= 4 is 22.8 Å². The van der Waals surface area contributed by atoms with Crippen molar-refractivity contribution in [1.29, 1.82) is 0 Å². The molecule has 0 saturated carbocycles. The van der Waals surface area contributed by atoms with Crippen LogP contribution in [0.25, 0.3) is 22.2 Å².